The maximum absolute atomic E-state index is 6.42. The summed E-state index contributed by atoms with van der Waals surface area (Å²) in [6.07, 6.45) is 3.75. The second-order valence-electron chi connectivity index (χ2n) is 8.13. The van der Waals surface area contributed by atoms with Crippen molar-refractivity contribution in [3.05, 3.63) is 47.5 Å². The van der Waals surface area contributed by atoms with Gasteiger partial charge in [0.1, 0.15) is 0 Å². The summed E-state index contributed by atoms with van der Waals surface area (Å²) in [5.74, 6) is 0.647. The van der Waals surface area contributed by atoms with Crippen molar-refractivity contribution in [3.63, 3.8) is 0 Å². The predicted octanol–water partition coefficient (Wildman–Crippen LogP) is 3.10. The number of nitrogens with two attached hydrogens (primary N) is 1. The Bertz CT molecular complexity index is 805. The van der Waals surface area contributed by atoms with Gasteiger partial charge in [-0.2, -0.15) is 0 Å². The minimum Gasteiger partial charge on any atom is -0.381 e. The Morgan fingerprint density at radius 1 is 1.23 bits per heavy atom. The maximum atomic E-state index is 6.42. The number of rotatable bonds is 6. The highest BCUT2D eigenvalue weighted by Gasteiger charge is 2.34. The van der Waals surface area contributed by atoms with Crippen molar-refractivity contribution < 1.29 is 4.74 Å². The fraction of sp³-hybridized carbons (Fsp3) is 0.545. The van der Waals surface area contributed by atoms with E-state index in [0.29, 0.717) is 12.5 Å². The van der Waals surface area contributed by atoms with E-state index in [4.69, 9.17) is 15.5 Å². The van der Waals surface area contributed by atoms with Crippen molar-refractivity contribution in [2.24, 2.45) is 10.7 Å². The van der Waals surface area contributed by atoms with Crippen molar-refractivity contribution in [3.8, 4) is 0 Å². The molecule has 0 amide bonds. The van der Waals surface area contributed by atoms with Gasteiger partial charge in [-0.1, -0.05) is 30.3 Å². The van der Waals surface area contributed by atoms with Crippen molar-refractivity contribution >= 4 is 46.4 Å². The monoisotopic (exact) mass is 556 g/mol. The minimum atomic E-state index is -0.0825. The molecular weight excluding hydrogens is 523 g/mol. The molecule has 7 nitrogen and oxygen atoms in total. The zero-order chi connectivity index (χ0) is 20.8. The summed E-state index contributed by atoms with van der Waals surface area (Å²) in [5, 5.41) is 6.97. The molecule has 0 radical (unpaired) electrons. The summed E-state index contributed by atoms with van der Waals surface area (Å²) in [4.78, 5) is 13.8. The Kier molecular flexibility index (Phi) is 8.94. The number of benzene rings is 1. The van der Waals surface area contributed by atoms with E-state index in [1.807, 2.05) is 11.6 Å². The number of thiazole rings is 1. The second kappa shape index (κ2) is 11.4. The van der Waals surface area contributed by atoms with E-state index in [2.05, 4.69) is 57.4 Å². The molecule has 0 saturated carbocycles. The third kappa shape index (κ3) is 6.30. The third-order valence-corrected chi connectivity index (χ3v) is 6.94. The molecule has 2 aliphatic heterocycles. The molecule has 2 aromatic rings. The molecule has 1 atom stereocenters. The van der Waals surface area contributed by atoms with Crippen LogP contribution in [-0.2, 0) is 4.74 Å². The summed E-state index contributed by atoms with van der Waals surface area (Å²) in [5.41, 5.74) is 7.62. The van der Waals surface area contributed by atoms with Crippen molar-refractivity contribution in [2.45, 2.75) is 31.3 Å². The Labute approximate surface area is 206 Å². The number of piperazine rings is 1. The first-order valence-corrected chi connectivity index (χ1v) is 11.6. The molecule has 3 heterocycles. The van der Waals surface area contributed by atoms with Gasteiger partial charge in [-0.05, 0) is 25.3 Å². The average molecular weight is 557 g/mol. The van der Waals surface area contributed by atoms with Crippen molar-refractivity contribution in [1.82, 2.24) is 15.2 Å². The molecule has 3 N–H and O–H groups in total. The number of nitrogens with zero attached hydrogens (tertiary/aromatic N) is 4. The molecule has 4 rings (SSSR count). The van der Waals surface area contributed by atoms with Crippen molar-refractivity contribution in [1.29, 1.82) is 0 Å². The Morgan fingerprint density at radius 3 is 2.58 bits per heavy atom. The molecule has 1 unspecified atom stereocenters. The van der Waals surface area contributed by atoms with E-state index in [1.165, 1.54) is 5.56 Å². The van der Waals surface area contributed by atoms with Crippen LogP contribution in [0, 0.1) is 0 Å². The van der Waals surface area contributed by atoms with Crippen LogP contribution >= 0.6 is 35.3 Å². The van der Waals surface area contributed by atoms with E-state index in [0.717, 1.165) is 57.4 Å². The van der Waals surface area contributed by atoms with Gasteiger partial charge in [0.25, 0.3) is 0 Å². The lowest BCUT2D eigenvalue weighted by Crippen LogP contribution is -2.54. The molecule has 2 fully saturated rings. The highest BCUT2D eigenvalue weighted by atomic mass is 127. The Morgan fingerprint density at radius 2 is 1.94 bits per heavy atom. The summed E-state index contributed by atoms with van der Waals surface area (Å²) >= 11 is 1.69. The second-order valence-corrected chi connectivity index (χ2v) is 9.01. The molecule has 2 saturated heterocycles. The average Bonchev–Trinajstić information content (AvgIpc) is 3.34. The number of nitrogens with one attached hydrogen (secondary N) is 1. The molecule has 9 heteroatoms. The normalized spacial score (nSPS) is 20.2. The minimum absolute atomic E-state index is 0. The van der Waals surface area contributed by atoms with Gasteiger partial charge in [0.05, 0.1) is 6.54 Å². The number of anilines is 1. The predicted molar refractivity (Wildman–Crippen MR) is 139 cm³/mol. The fourth-order valence-corrected chi connectivity index (χ4v) is 4.92. The number of hydrogen-bond acceptors (Lipinski definition) is 6. The van der Waals surface area contributed by atoms with Gasteiger partial charge in [-0.3, -0.25) is 4.99 Å². The molecule has 1 aromatic carbocycles. The summed E-state index contributed by atoms with van der Waals surface area (Å²) in [6, 6.07) is 10.8. The van der Waals surface area contributed by atoms with Crippen LogP contribution in [0.5, 0.6) is 0 Å². The van der Waals surface area contributed by atoms with Gasteiger partial charge >= 0.3 is 0 Å². The van der Waals surface area contributed by atoms with E-state index in [9.17, 15) is 0 Å². The van der Waals surface area contributed by atoms with E-state index in [1.54, 1.807) is 11.3 Å². The highest BCUT2D eigenvalue weighted by Crippen LogP contribution is 2.26. The van der Waals surface area contributed by atoms with Gasteiger partial charge in [0.15, 0.2) is 11.1 Å². The highest BCUT2D eigenvalue weighted by molar-refractivity contribution is 14.0. The zero-order valence-corrected chi connectivity index (χ0v) is 21.2. The van der Waals surface area contributed by atoms with Gasteiger partial charge in [0, 0.05) is 62.6 Å². The number of aliphatic imine (C=N–C) groups is 1. The first kappa shape index (κ1) is 24.2. The first-order chi connectivity index (χ1) is 14.7. The first-order valence-electron chi connectivity index (χ1n) is 10.7. The number of guanidine groups is 1. The lowest BCUT2D eigenvalue weighted by Gasteiger charge is -2.40. The van der Waals surface area contributed by atoms with Crippen LogP contribution < -0.4 is 16.0 Å². The third-order valence-electron chi connectivity index (χ3n) is 6.11. The van der Waals surface area contributed by atoms with Crippen LogP contribution in [0.4, 0.5) is 5.13 Å². The van der Waals surface area contributed by atoms with Crippen LogP contribution in [0.2, 0.25) is 0 Å². The molecule has 0 bridgehead atoms. The fourth-order valence-electron chi connectivity index (χ4n) is 4.23. The van der Waals surface area contributed by atoms with E-state index < -0.39 is 0 Å². The molecule has 2 aliphatic rings. The quantitative estimate of drug-likeness (QED) is 0.324. The van der Waals surface area contributed by atoms with Crippen molar-refractivity contribution in [2.75, 3.05) is 50.8 Å². The standard InChI is InChI=1S/C22H32N6OS.HI/c1-18(19-5-3-2-4-6-19)26-22(7-14-29-15-8-22)17-25-20(23)27-10-12-28(13-11-27)21-24-9-16-30-21;/h2-6,9,16,18,26H,7-8,10-15,17H2,1H3,(H2,23,25);1H. The lowest BCUT2D eigenvalue weighted by molar-refractivity contribution is 0.0374. The van der Waals surface area contributed by atoms with E-state index in [-0.39, 0.29) is 35.6 Å². The Balaban J connectivity index is 0.00000272. The zero-order valence-electron chi connectivity index (χ0n) is 18.1. The van der Waals surface area contributed by atoms with Gasteiger partial charge < -0.3 is 25.6 Å². The molecule has 170 valence electrons. The lowest BCUT2D eigenvalue weighted by atomic mass is 9.88. The molecule has 1 aromatic heterocycles. The number of aromatic nitrogens is 1. The molecule has 0 aliphatic carbocycles. The molecular formula is C22H33IN6OS. The largest absolute Gasteiger partial charge is 0.381 e. The van der Waals surface area contributed by atoms with Crippen LogP contribution in [0.25, 0.3) is 0 Å². The summed E-state index contributed by atoms with van der Waals surface area (Å²) in [6.45, 7) is 8.01. The number of halogens is 1. The summed E-state index contributed by atoms with van der Waals surface area (Å²) in [7, 11) is 0. The molecule has 31 heavy (non-hydrogen) atoms. The van der Waals surface area contributed by atoms with Crippen LogP contribution in [0.3, 0.4) is 0 Å². The SMILES string of the molecule is CC(NC1(CN=C(N)N2CCN(c3nccs3)CC2)CCOCC1)c1ccccc1.I. The van der Waals surface area contributed by atoms with Crippen LogP contribution in [0.1, 0.15) is 31.4 Å². The van der Waals surface area contributed by atoms with Gasteiger partial charge in [-0.25, -0.2) is 4.98 Å². The molecule has 0 spiro atoms. The van der Waals surface area contributed by atoms with Gasteiger partial charge in [0.2, 0.25) is 0 Å². The topological polar surface area (TPSA) is 79.0 Å². The Hall–Kier alpha value is -1.43. The van der Waals surface area contributed by atoms with E-state index >= 15 is 0 Å². The number of hydrogen-bond donors (Lipinski definition) is 2. The summed E-state index contributed by atoms with van der Waals surface area (Å²) < 4.78 is 5.64. The van der Waals surface area contributed by atoms with Gasteiger partial charge in [-0.15, -0.1) is 35.3 Å². The number of ether oxygens (including phenoxy) is 1. The van der Waals surface area contributed by atoms with Crippen LogP contribution in [-0.4, -0.2) is 67.3 Å². The van der Waals surface area contributed by atoms with Crippen LogP contribution in [0.15, 0.2) is 46.9 Å². The smallest absolute Gasteiger partial charge is 0.191 e. The maximum Gasteiger partial charge on any atom is 0.191 e.